The lowest BCUT2D eigenvalue weighted by Gasteiger charge is -2.33. The van der Waals surface area contributed by atoms with E-state index in [1.807, 2.05) is 38.1 Å². The Morgan fingerprint density at radius 3 is 2.49 bits per heavy atom. The number of benzene rings is 1. The number of likely N-dealkylation sites (tertiary alicyclic amines) is 1. The maximum absolute atomic E-state index is 12.7. The number of fused-ring (bicyclic) bond motifs is 1. The fourth-order valence-electron chi connectivity index (χ4n) is 3.77. The van der Waals surface area contributed by atoms with Crippen LogP contribution in [0, 0.1) is 11.3 Å². The van der Waals surface area contributed by atoms with E-state index in [1.54, 1.807) is 27.0 Å². The lowest BCUT2D eigenvalue weighted by Crippen LogP contribution is -2.41. The summed E-state index contributed by atoms with van der Waals surface area (Å²) in [6.07, 6.45) is 1.35. The maximum Gasteiger partial charge on any atom is 0.410 e. The zero-order valence-electron chi connectivity index (χ0n) is 22.7. The number of anilines is 1. The van der Waals surface area contributed by atoms with Crippen molar-refractivity contribution in [2.75, 3.05) is 37.7 Å². The summed E-state index contributed by atoms with van der Waals surface area (Å²) in [7, 11) is 0. The Kier molecular flexibility index (Phi) is 13.3. The smallest absolute Gasteiger partial charge is 0.410 e. The van der Waals surface area contributed by atoms with Crippen LogP contribution in [-0.4, -0.2) is 73.0 Å². The number of nitrogens with zero attached hydrogens (tertiary/aromatic N) is 4. The highest BCUT2D eigenvalue weighted by atomic mass is 19.1. The van der Waals surface area contributed by atoms with Gasteiger partial charge in [-0.15, -0.1) is 0 Å². The van der Waals surface area contributed by atoms with Crippen LogP contribution in [0.3, 0.4) is 0 Å². The molecular weight excluding hydrogens is 477 g/mol. The molecule has 4 rings (SSSR count). The molecule has 2 atom stereocenters. The van der Waals surface area contributed by atoms with Gasteiger partial charge in [-0.25, -0.2) is 9.18 Å². The number of alkyl halides is 1. The molecule has 0 radical (unpaired) electrons. The molecule has 0 aliphatic carbocycles. The molecule has 2 saturated heterocycles. The van der Waals surface area contributed by atoms with Gasteiger partial charge in [0.25, 0.3) is 0 Å². The van der Waals surface area contributed by atoms with Gasteiger partial charge in [0.15, 0.2) is 0 Å². The Balaban J connectivity index is 0.000000332. The van der Waals surface area contributed by atoms with E-state index in [-0.39, 0.29) is 19.1 Å². The number of halogens is 1. The molecule has 2 aliphatic heterocycles. The van der Waals surface area contributed by atoms with Gasteiger partial charge in [-0.05, 0) is 58.4 Å². The van der Waals surface area contributed by atoms with Crippen molar-refractivity contribution in [2.45, 2.75) is 65.8 Å². The third-order valence-corrected chi connectivity index (χ3v) is 5.23. The second kappa shape index (κ2) is 15.6. The van der Waals surface area contributed by atoms with Gasteiger partial charge in [-0.3, -0.25) is 9.78 Å². The molecule has 0 spiro atoms. The number of hydrogen-bond acceptors (Lipinski definition) is 7. The molecule has 3 heterocycles. The molecule has 204 valence electrons. The van der Waals surface area contributed by atoms with E-state index >= 15 is 0 Å². The number of hydrogen-bond donors (Lipinski definition) is 1. The van der Waals surface area contributed by atoms with Crippen LogP contribution in [0.4, 0.5) is 14.9 Å². The van der Waals surface area contributed by atoms with Gasteiger partial charge in [0.1, 0.15) is 17.8 Å². The number of pyridine rings is 1. The van der Waals surface area contributed by atoms with E-state index in [2.05, 4.69) is 28.6 Å². The number of ether oxygens (including phenoxy) is 2. The van der Waals surface area contributed by atoms with Crippen LogP contribution in [0.15, 0.2) is 30.5 Å². The fourth-order valence-corrected chi connectivity index (χ4v) is 3.77. The van der Waals surface area contributed by atoms with Crippen molar-refractivity contribution in [2.24, 2.45) is 5.73 Å². The number of carbonyl (C=O) groups excluding carboxylic acids is 2. The van der Waals surface area contributed by atoms with E-state index < -0.39 is 17.9 Å². The lowest BCUT2D eigenvalue weighted by molar-refractivity contribution is -0.106. The van der Waals surface area contributed by atoms with Crippen molar-refractivity contribution in [3.8, 4) is 6.07 Å². The molecule has 2 unspecified atom stereocenters. The minimum absolute atomic E-state index is 0.176. The predicted octanol–water partition coefficient (Wildman–Crippen LogP) is 4.42. The quantitative estimate of drug-likeness (QED) is 0.556. The topological polar surface area (TPSA) is 122 Å². The summed E-state index contributed by atoms with van der Waals surface area (Å²) in [6, 6.07) is 10.0. The van der Waals surface area contributed by atoms with Crippen molar-refractivity contribution >= 4 is 29.1 Å². The third-order valence-electron chi connectivity index (χ3n) is 5.23. The van der Waals surface area contributed by atoms with Crippen molar-refractivity contribution in [1.29, 1.82) is 5.26 Å². The number of primary amides is 1. The fraction of sp³-hybridized carbons (Fsp3) is 0.556. The number of nitriles is 1. The van der Waals surface area contributed by atoms with E-state index in [1.165, 1.54) is 4.90 Å². The van der Waals surface area contributed by atoms with Crippen molar-refractivity contribution in [1.82, 2.24) is 9.88 Å². The SMILES string of the molecule is CC.CC(C)(C)OC(=O)N1CCC(F)C1.CC1CN(c2ccc(C#N)c3ncccc23)CCO1.NC=O. The molecule has 10 heteroatoms. The van der Waals surface area contributed by atoms with E-state index in [4.69, 9.17) is 19.5 Å². The minimum Gasteiger partial charge on any atom is -0.444 e. The second-order valence-corrected chi connectivity index (χ2v) is 9.22. The number of rotatable bonds is 1. The van der Waals surface area contributed by atoms with Gasteiger partial charge in [0.2, 0.25) is 6.41 Å². The Hall–Kier alpha value is -3.45. The summed E-state index contributed by atoms with van der Waals surface area (Å²) >= 11 is 0. The second-order valence-electron chi connectivity index (χ2n) is 9.22. The molecule has 37 heavy (non-hydrogen) atoms. The zero-order chi connectivity index (χ0) is 28.0. The molecule has 2 amide bonds. The monoisotopic (exact) mass is 517 g/mol. The van der Waals surface area contributed by atoms with Crippen LogP contribution in [0.25, 0.3) is 10.9 Å². The highest BCUT2D eigenvalue weighted by molar-refractivity contribution is 5.95. The predicted molar refractivity (Wildman–Crippen MR) is 143 cm³/mol. The van der Waals surface area contributed by atoms with Gasteiger partial charge in [0, 0.05) is 36.9 Å². The third kappa shape index (κ3) is 10.2. The Morgan fingerprint density at radius 2 is 1.95 bits per heavy atom. The molecule has 2 fully saturated rings. The van der Waals surface area contributed by atoms with Crippen LogP contribution in [0.2, 0.25) is 0 Å². The summed E-state index contributed by atoms with van der Waals surface area (Å²) < 4.78 is 23.4. The van der Waals surface area contributed by atoms with Gasteiger partial charge in [-0.1, -0.05) is 13.8 Å². The van der Waals surface area contributed by atoms with E-state index in [0.717, 1.165) is 36.3 Å². The van der Waals surface area contributed by atoms with Gasteiger partial charge in [0.05, 0.1) is 30.3 Å². The first-order valence-electron chi connectivity index (χ1n) is 12.5. The molecule has 1 aromatic carbocycles. The lowest BCUT2D eigenvalue weighted by atomic mass is 10.1. The molecule has 2 N–H and O–H groups in total. The van der Waals surface area contributed by atoms with Gasteiger partial charge in [-0.2, -0.15) is 5.26 Å². The first kappa shape index (κ1) is 31.6. The number of aromatic nitrogens is 1. The van der Waals surface area contributed by atoms with Crippen molar-refractivity contribution in [3.63, 3.8) is 0 Å². The Morgan fingerprint density at radius 1 is 1.27 bits per heavy atom. The summed E-state index contributed by atoms with van der Waals surface area (Å²) in [5, 5.41) is 10.2. The standard InChI is InChI=1S/C15H15N3O.C9H16FNO2.C2H6.CH3NO/c1-11-10-18(7-8-19-11)14-5-4-12(9-16)15-13(14)3-2-6-17-15;1-9(2,3)13-8(12)11-5-4-7(10)6-11;1-2;2-1-3/h2-6,11H,7-8,10H2,1H3;7H,4-6H2,1-3H3;1-2H3;1H,(H2,2,3). The normalized spacial score (nSPS) is 18.6. The average molecular weight is 518 g/mol. The summed E-state index contributed by atoms with van der Waals surface area (Å²) in [5.74, 6) is 0. The number of nitrogens with two attached hydrogens (primary N) is 1. The number of carbonyl (C=O) groups is 2. The molecule has 0 bridgehead atoms. The molecule has 2 aromatic rings. The molecule has 1 aromatic heterocycles. The number of morpholine rings is 1. The summed E-state index contributed by atoms with van der Waals surface area (Å²) in [5.41, 5.74) is 6.21. The van der Waals surface area contributed by atoms with Crippen LogP contribution in [-0.2, 0) is 14.3 Å². The minimum atomic E-state index is -0.882. The van der Waals surface area contributed by atoms with Crippen LogP contribution in [0.1, 0.15) is 53.5 Å². The molecular formula is C27H40FN5O4. The molecule has 9 nitrogen and oxygen atoms in total. The van der Waals surface area contributed by atoms with Gasteiger partial charge < -0.3 is 25.0 Å². The summed E-state index contributed by atoms with van der Waals surface area (Å²) in [4.78, 5) is 28.0. The van der Waals surface area contributed by atoms with E-state index in [9.17, 15) is 9.18 Å². The molecule has 2 aliphatic rings. The Labute approximate surface area is 219 Å². The number of amides is 2. The molecule has 0 saturated carbocycles. The van der Waals surface area contributed by atoms with Crippen LogP contribution >= 0.6 is 0 Å². The van der Waals surface area contributed by atoms with Gasteiger partial charge >= 0.3 is 6.09 Å². The van der Waals surface area contributed by atoms with E-state index in [0.29, 0.717) is 18.5 Å². The zero-order valence-corrected chi connectivity index (χ0v) is 22.7. The van der Waals surface area contributed by atoms with Crippen molar-refractivity contribution in [3.05, 3.63) is 36.0 Å². The Bertz CT molecular complexity index is 1040. The highest BCUT2D eigenvalue weighted by Crippen LogP contribution is 2.29. The summed E-state index contributed by atoms with van der Waals surface area (Å²) in [6.45, 7) is 14.6. The van der Waals surface area contributed by atoms with Crippen LogP contribution in [0.5, 0.6) is 0 Å². The maximum atomic E-state index is 12.7. The van der Waals surface area contributed by atoms with Crippen LogP contribution < -0.4 is 10.6 Å². The first-order chi connectivity index (χ1) is 17.6. The highest BCUT2D eigenvalue weighted by Gasteiger charge is 2.29. The average Bonchev–Trinajstić information content (AvgIpc) is 3.31. The largest absolute Gasteiger partial charge is 0.444 e. The van der Waals surface area contributed by atoms with Crippen molar-refractivity contribution < 1.29 is 23.5 Å². The first-order valence-corrected chi connectivity index (χ1v) is 12.5.